The molecule has 0 bridgehead atoms. The molecule has 35 heavy (non-hydrogen) atoms. The number of benzene rings is 2. The Morgan fingerprint density at radius 3 is 2.69 bits per heavy atom. The lowest BCUT2D eigenvalue weighted by molar-refractivity contribution is -0.142. The van der Waals surface area contributed by atoms with Crippen LogP contribution in [0.4, 0.5) is 5.69 Å². The predicted molar refractivity (Wildman–Crippen MR) is 132 cm³/mol. The molecule has 0 aliphatic rings. The van der Waals surface area contributed by atoms with E-state index >= 15 is 0 Å². The minimum Gasteiger partial charge on any atom is -0.497 e. The molecule has 0 unspecified atom stereocenters. The summed E-state index contributed by atoms with van der Waals surface area (Å²) in [5.74, 6) is 0.226. The molecular formula is C26H27N5O4. The number of nitrogens with two attached hydrogens (primary N) is 1. The third kappa shape index (κ3) is 4.99. The number of nitrogens with zero attached hydrogens (tertiary/aromatic N) is 4. The first kappa shape index (κ1) is 23.9. The second-order valence-electron chi connectivity index (χ2n) is 7.87. The minimum absolute atomic E-state index is 0.0201. The van der Waals surface area contributed by atoms with Crippen LogP contribution in [0, 0.1) is 0 Å². The average molecular weight is 474 g/mol. The van der Waals surface area contributed by atoms with Gasteiger partial charge in [-0.25, -0.2) is 9.50 Å². The Bertz CT molecular complexity index is 1380. The normalized spacial score (nSPS) is 10.9. The number of ether oxygens (including phenoxy) is 2. The van der Waals surface area contributed by atoms with Crippen molar-refractivity contribution in [1.29, 1.82) is 0 Å². The van der Waals surface area contributed by atoms with Gasteiger partial charge in [0, 0.05) is 31.4 Å². The molecule has 4 aromatic rings. The summed E-state index contributed by atoms with van der Waals surface area (Å²) in [6.07, 6.45) is 1.79. The highest BCUT2D eigenvalue weighted by Gasteiger charge is 2.24. The molecule has 0 radical (unpaired) electrons. The zero-order valence-electron chi connectivity index (χ0n) is 19.9. The van der Waals surface area contributed by atoms with Gasteiger partial charge in [0.2, 0.25) is 0 Å². The van der Waals surface area contributed by atoms with Crippen LogP contribution in [0.15, 0.2) is 60.8 Å². The van der Waals surface area contributed by atoms with Crippen LogP contribution in [0.3, 0.4) is 0 Å². The summed E-state index contributed by atoms with van der Waals surface area (Å²) in [4.78, 5) is 32.1. The number of rotatable bonds is 8. The first-order chi connectivity index (χ1) is 16.9. The second-order valence-corrected chi connectivity index (χ2v) is 7.87. The summed E-state index contributed by atoms with van der Waals surface area (Å²) in [6, 6.07) is 16.4. The van der Waals surface area contributed by atoms with Crippen LogP contribution in [0.5, 0.6) is 5.75 Å². The molecule has 0 saturated heterocycles. The molecule has 0 atom stereocenters. The van der Waals surface area contributed by atoms with Crippen molar-refractivity contribution in [2.75, 3.05) is 25.7 Å². The van der Waals surface area contributed by atoms with Crippen molar-refractivity contribution >= 4 is 23.1 Å². The van der Waals surface area contributed by atoms with Gasteiger partial charge in [0.1, 0.15) is 5.75 Å². The van der Waals surface area contributed by atoms with Gasteiger partial charge in [-0.1, -0.05) is 24.3 Å². The lowest BCUT2D eigenvalue weighted by Crippen LogP contribution is -2.29. The second kappa shape index (κ2) is 10.4. The van der Waals surface area contributed by atoms with E-state index in [9.17, 15) is 9.59 Å². The number of amides is 1. The van der Waals surface area contributed by atoms with E-state index in [4.69, 9.17) is 15.2 Å². The fraction of sp³-hybridized carbons (Fsp3) is 0.231. The Morgan fingerprint density at radius 2 is 1.94 bits per heavy atom. The molecule has 0 fully saturated rings. The number of aromatic nitrogens is 3. The number of hydrogen-bond donors (Lipinski definition) is 1. The van der Waals surface area contributed by atoms with Crippen molar-refractivity contribution in [3.05, 3.63) is 77.6 Å². The highest BCUT2D eigenvalue weighted by molar-refractivity contribution is 6.09. The standard InChI is InChI=1S/C26H27N5O4/c1-4-35-23(32)14-18-10-11-20(34-3)15-22(18)30(2)26(33)24-21-9-6-12-31(21)29-25(28-24)19-8-5-7-17(13-19)16-27/h5-13,15H,4,14,16,27H2,1-3H3. The molecule has 180 valence electrons. The van der Waals surface area contributed by atoms with E-state index in [2.05, 4.69) is 10.1 Å². The Kier molecular flexibility index (Phi) is 7.07. The molecule has 0 aliphatic carbocycles. The fourth-order valence-corrected chi connectivity index (χ4v) is 3.82. The predicted octanol–water partition coefficient (Wildman–Crippen LogP) is 3.25. The van der Waals surface area contributed by atoms with E-state index in [-0.39, 0.29) is 30.6 Å². The van der Waals surface area contributed by atoms with Crippen LogP contribution in [0.25, 0.3) is 16.9 Å². The number of esters is 1. The monoisotopic (exact) mass is 473 g/mol. The highest BCUT2D eigenvalue weighted by Crippen LogP contribution is 2.28. The van der Waals surface area contributed by atoms with Gasteiger partial charge in [-0.15, -0.1) is 5.10 Å². The quantitative estimate of drug-likeness (QED) is 0.391. The van der Waals surface area contributed by atoms with Gasteiger partial charge in [-0.05, 0) is 42.3 Å². The largest absolute Gasteiger partial charge is 0.497 e. The number of fused-ring (bicyclic) bond motifs is 1. The van der Waals surface area contributed by atoms with Crippen molar-refractivity contribution in [3.63, 3.8) is 0 Å². The van der Waals surface area contributed by atoms with E-state index < -0.39 is 0 Å². The Hall–Kier alpha value is -4.24. The van der Waals surface area contributed by atoms with Crippen LogP contribution >= 0.6 is 0 Å². The molecule has 0 spiro atoms. The van der Waals surface area contributed by atoms with Gasteiger partial charge in [-0.3, -0.25) is 9.59 Å². The fourth-order valence-electron chi connectivity index (χ4n) is 3.82. The highest BCUT2D eigenvalue weighted by atomic mass is 16.5. The molecule has 9 heteroatoms. The maximum atomic E-state index is 13.8. The maximum absolute atomic E-state index is 13.8. The molecule has 2 aromatic heterocycles. The molecule has 2 N–H and O–H groups in total. The van der Waals surface area contributed by atoms with E-state index in [0.717, 1.165) is 11.1 Å². The topological polar surface area (TPSA) is 112 Å². The zero-order chi connectivity index (χ0) is 24.9. The molecule has 2 heterocycles. The lowest BCUT2D eigenvalue weighted by Gasteiger charge is -2.21. The summed E-state index contributed by atoms with van der Waals surface area (Å²) in [6.45, 7) is 2.41. The number of carbonyl (C=O) groups is 2. The lowest BCUT2D eigenvalue weighted by atomic mass is 10.1. The summed E-state index contributed by atoms with van der Waals surface area (Å²) >= 11 is 0. The third-order valence-corrected chi connectivity index (χ3v) is 5.61. The van der Waals surface area contributed by atoms with Crippen molar-refractivity contribution < 1.29 is 19.1 Å². The molecule has 1 amide bonds. The van der Waals surface area contributed by atoms with Crippen molar-refractivity contribution in [1.82, 2.24) is 14.6 Å². The zero-order valence-corrected chi connectivity index (χ0v) is 19.9. The summed E-state index contributed by atoms with van der Waals surface area (Å²) < 4.78 is 12.1. The van der Waals surface area contributed by atoms with Crippen molar-refractivity contribution in [2.24, 2.45) is 5.73 Å². The van der Waals surface area contributed by atoms with Gasteiger partial charge < -0.3 is 20.1 Å². The van der Waals surface area contributed by atoms with Crippen LogP contribution in [-0.2, 0) is 22.5 Å². The van der Waals surface area contributed by atoms with E-state index in [1.807, 2.05) is 24.3 Å². The smallest absolute Gasteiger partial charge is 0.310 e. The van der Waals surface area contributed by atoms with Gasteiger partial charge in [0.05, 0.1) is 31.3 Å². The molecule has 0 aliphatic heterocycles. The van der Waals surface area contributed by atoms with Gasteiger partial charge in [0.25, 0.3) is 5.91 Å². The molecule has 2 aromatic carbocycles. The van der Waals surface area contributed by atoms with Crippen molar-refractivity contribution in [2.45, 2.75) is 19.9 Å². The van der Waals surface area contributed by atoms with E-state index in [1.165, 1.54) is 4.90 Å². The molecular weight excluding hydrogens is 446 g/mol. The van der Waals surface area contributed by atoms with E-state index in [0.29, 0.717) is 34.9 Å². The minimum atomic E-state index is -0.377. The van der Waals surface area contributed by atoms with Crippen LogP contribution in [0.2, 0.25) is 0 Å². The van der Waals surface area contributed by atoms with E-state index in [1.54, 1.807) is 62.1 Å². The summed E-state index contributed by atoms with van der Waals surface area (Å²) in [5, 5.41) is 4.57. The van der Waals surface area contributed by atoms with Crippen molar-refractivity contribution in [3.8, 4) is 17.1 Å². The van der Waals surface area contributed by atoms with Gasteiger partial charge in [-0.2, -0.15) is 0 Å². The van der Waals surface area contributed by atoms with Gasteiger partial charge in [0.15, 0.2) is 11.5 Å². The number of carbonyl (C=O) groups excluding carboxylic acids is 2. The number of methoxy groups -OCH3 is 1. The number of hydrogen-bond acceptors (Lipinski definition) is 7. The summed E-state index contributed by atoms with van der Waals surface area (Å²) in [5.41, 5.74) is 9.44. The Balaban J connectivity index is 1.78. The Morgan fingerprint density at radius 1 is 1.11 bits per heavy atom. The van der Waals surface area contributed by atoms with Gasteiger partial charge >= 0.3 is 5.97 Å². The Labute approximate surface area is 203 Å². The first-order valence-electron chi connectivity index (χ1n) is 11.2. The maximum Gasteiger partial charge on any atom is 0.310 e. The van der Waals surface area contributed by atoms with Crippen LogP contribution in [-0.4, -0.2) is 47.2 Å². The number of anilines is 1. The average Bonchev–Trinajstić information content (AvgIpc) is 3.36. The summed E-state index contributed by atoms with van der Waals surface area (Å²) in [7, 11) is 3.18. The van der Waals surface area contributed by atoms with Crippen LogP contribution in [0.1, 0.15) is 28.5 Å². The molecule has 4 rings (SSSR count). The van der Waals surface area contributed by atoms with Crippen LogP contribution < -0.4 is 15.4 Å². The molecule has 0 saturated carbocycles. The molecule has 9 nitrogen and oxygen atoms in total. The third-order valence-electron chi connectivity index (χ3n) is 5.61. The first-order valence-corrected chi connectivity index (χ1v) is 11.2. The SMILES string of the molecule is CCOC(=O)Cc1ccc(OC)cc1N(C)C(=O)c1nc(-c2cccc(CN)c2)nn2cccc12.